The molecule has 8 nitrogen and oxygen atoms in total. The summed E-state index contributed by atoms with van der Waals surface area (Å²) in [5.74, 6) is -0.742. The van der Waals surface area contributed by atoms with Gasteiger partial charge in [-0.15, -0.1) is 0 Å². The van der Waals surface area contributed by atoms with E-state index in [4.69, 9.17) is 0 Å². The fraction of sp³-hybridized carbons (Fsp3) is 0.200. The number of H-pyrrole nitrogens is 1. The van der Waals surface area contributed by atoms with Crippen molar-refractivity contribution < 1.29 is 18.3 Å². The predicted molar refractivity (Wildman–Crippen MR) is 130 cm³/mol. The van der Waals surface area contributed by atoms with Crippen LogP contribution in [-0.2, 0) is 29.4 Å². The first-order valence-corrected chi connectivity index (χ1v) is 12.8. The van der Waals surface area contributed by atoms with Gasteiger partial charge in [0.2, 0.25) is 10.0 Å². The first-order valence-electron chi connectivity index (χ1n) is 10.9. The molecule has 2 aromatic carbocycles. The standard InChI is InChI=1S/C25H23N3O5S/c1-34(32,33)27-25(31)23-22(19-9-4-10-26-24(19)30)20-12-16-6-3-7-17(16)13-21(20)28(23)14-15-5-2-8-18(29)11-15/h2,4-5,8-13,29H,3,6-7,14H2,1H3,(H,26,30)(H,27,31). The van der Waals surface area contributed by atoms with Gasteiger partial charge in [-0.05, 0) is 72.4 Å². The molecular weight excluding hydrogens is 454 g/mol. The Morgan fingerprint density at radius 1 is 1.12 bits per heavy atom. The maximum atomic E-state index is 13.4. The number of aromatic amines is 1. The Kier molecular flexibility index (Phi) is 5.28. The lowest BCUT2D eigenvalue weighted by Crippen LogP contribution is -2.31. The monoisotopic (exact) mass is 477 g/mol. The summed E-state index contributed by atoms with van der Waals surface area (Å²) in [6.07, 6.45) is 5.26. The van der Waals surface area contributed by atoms with Crippen LogP contribution in [0.25, 0.3) is 22.0 Å². The highest BCUT2D eigenvalue weighted by Crippen LogP contribution is 2.38. The van der Waals surface area contributed by atoms with Crippen molar-refractivity contribution in [3.63, 3.8) is 0 Å². The number of nitrogens with zero attached hydrogens (tertiary/aromatic N) is 1. The highest BCUT2D eigenvalue weighted by molar-refractivity contribution is 7.89. The van der Waals surface area contributed by atoms with Crippen LogP contribution in [0.4, 0.5) is 0 Å². The molecule has 1 amide bonds. The lowest BCUT2D eigenvalue weighted by atomic mass is 10.00. The van der Waals surface area contributed by atoms with Crippen molar-refractivity contribution in [2.75, 3.05) is 6.26 Å². The number of fused-ring (bicyclic) bond motifs is 2. The number of benzene rings is 2. The van der Waals surface area contributed by atoms with Gasteiger partial charge in [0, 0.05) is 34.8 Å². The molecule has 0 unspecified atom stereocenters. The molecule has 9 heteroatoms. The maximum Gasteiger partial charge on any atom is 0.282 e. The van der Waals surface area contributed by atoms with Gasteiger partial charge >= 0.3 is 0 Å². The third-order valence-corrected chi connectivity index (χ3v) is 6.67. The van der Waals surface area contributed by atoms with Crippen LogP contribution in [0, 0.1) is 0 Å². The van der Waals surface area contributed by atoms with Gasteiger partial charge < -0.3 is 14.7 Å². The minimum absolute atomic E-state index is 0.0733. The fourth-order valence-corrected chi connectivity index (χ4v) is 5.20. The largest absolute Gasteiger partial charge is 0.508 e. The summed E-state index contributed by atoms with van der Waals surface area (Å²) >= 11 is 0. The molecule has 174 valence electrons. The first kappa shape index (κ1) is 22.0. The number of aryl methyl sites for hydroxylation is 2. The van der Waals surface area contributed by atoms with Crippen molar-refractivity contribution in [1.29, 1.82) is 0 Å². The van der Waals surface area contributed by atoms with Gasteiger partial charge in [0.25, 0.3) is 11.5 Å². The van der Waals surface area contributed by atoms with Crippen molar-refractivity contribution in [2.45, 2.75) is 25.8 Å². The molecule has 0 aliphatic heterocycles. The molecule has 5 rings (SSSR count). The smallest absolute Gasteiger partial charge is 0.282 e. The molecule has 0 radical (unpaired) electrons. The number of amides is 1. The number of hydrogen-bond donors (Lipinski definition) is 3. The number of hydrogen-bond acceptors (Lipinski definition) is 5. The van der Waals surface area contributed by atoms with E-state index >= 15 is 0 Å². The van der Waals surface area contributed by atoms with Crippen molar-refractivity contribution in [3.05, 3.63) is 87.5 Å². The topological polar surface area (TPSA) is 121 Å². The lowest BCUT2D eigenvalue weighted by Gasteiger charge is -2.13. The quantitative estimate of drug-likeness (QED) is 0.408. The number of rotatable bonds is 5. The molecular formula is C25H23N3O5S. The fourth-order valence-electron chi connectivity index (χ4n) is 4.76. The molecule has 1 aliphatic carbocycles. The molecule has 34 heavy (non-hydrogen) atoms. The second-order valence-electron chi connectivity index (χ2n) is 8.59. The number of phenols is 1. The van der Waals surface area contributed by atoms with E-state index in [1.54, 1.807) is 34.9 Å². The first-order chi connectivity index (χ1) is 16.2. The number of sulfonamides is 1. The van der Waals surface area contributed by atoms with Crippen LogP contribution in [-0.4, -0.2) is 35.2 Å². The van der Waals surface area contributed by atoms with Crippen molar-refractivity contribution in [1.82, 2.24) is 14.3 Å². The minimum atomic E-state index is -3.86. The van der Waals surface area contributed by atoms with E-state index in [-0.39, 0.29) is 29.1 Å². The Hall–Kier alpha value is -3.85. The van der Waals surface area contributed by atoms with Crippen LogP contribution in [0.3, 0.4) is 0 Å². The molecule has 0 bridgehead atoms. The molecule has 1 aliphatic rings. The van der Waals surface area contributed by atoms with E-state index in [9.17, 15) is 23.1 Å². The van der Waals surface area contributed by atoms with E-state index in [1.165, 1.54) is 11.8 Å². The maximum absolute atomic E-state index is 13.4. The molecule has 0 saturated carbocycles. The van der Waals surface area contributed by atoms with Crippen LogP contribution in [0.2, 0.25) is 0 Å². The van der Waals surface area contributed by atoms with Crippen LogP contribution in [0.1, 0.15) is 33.6 Å². The summed E-state index contributed by atoms with van der Waals surface area (Å²) in [5.41, 5.74) is 4.13. The summed E-state index contributed by atoms with van der Waals surface area (Å²) < 4.78 is 27.8. The molecule has 0 fully saturated rings. The van der Waals surface area contributed by atoms with Gasteiger partial charge in [0.05, 0.1) is 6.26 Å². The Balaban J connectivity index is 1.87. The molecule has 2 aromatic heterocycles. The van der Waals surface area contributed by atoms with E-state index in [0.29, 0.717) is 10.9 Å². The minimum Gasteiger partial charge on any atom is -0.508 e. The number of nitrogens with one attached hydrogen (secondary N) is 2. The normalized spacial score (nSPS) is 13.2. The number of phenolic OH excluding ortho intramolecular Hbond substituents is 1. The van der Waals surface area contributed by atoms with Gasteiger partial charge in [0.1, 0.15) is 11.4 Å². The average Bonchev–Trinajstić information content (AvgIpc) is 3.34. The lowest BCUT2D eigenvalue weighted by molar-refractivity contribution is 0.0974. The summed E-state index contributed by atoms with van der Waals surface area (Å²) in [5, 5.41) is 10.7. The molecule has 2 heterocycles. The number of aromatic nitrogens is 2. The Morgan fingerprint density at radius 2 is 1.88 bits per heavy atom. The van der Waals surface area contributed by atoms with Crippen molar-refractivity contribution in [2.24, 2.45) is 0 Å². The van der Waals surface area contributed by atoms with Crippen LogP contribution in [0.15, 0.2) is 59.5 Å². The zero-order valence-electron chi connectivity index (χ0n) is 18.5. The van der Waals surface area contributed by atoms with E-state index in [2.05, 4.69) is 9.71 Å². The summed E-state index contributed by atoms with van der Waals surface area (Å²) in [6.45, 7) is 0.195. The number of carbonyl (C=O) groups is 1. The van der Waals surface area contributed by atoms with E-state index in [0.717, 1.165) is 42.2 Å². The van der Waals surface area contributed by atoms with Crippen LogP contribution < -0.4 is 10.3 Å². The van der Waals surface area contributed by atoms with Gasteiger partial charge in [-0.1, -0.05) is 12.1 Å². The average molecular weight is 478 g/mol. The van der Waals surface area contributed by atoms with Gasteiger partial charge in [0.15, 0.2) is 0 Å². The zero-order valence-corrected chi connectivity index (χ0v) is 19.3. The summed E-state index contributed by atoms with van der Waals surface area (Å²) in [7, 11) is -3.86. The Bertz CT molecular complexity index is 1620. The third kappa shape index (κ3) is 3.99. The third-order valence-electron chi connectivity index (χ3n) is 6.11. The van der Waals surface area contributed by atoms with Crippen LogP contribution >= 0.6 is 0 Å². The number of aromatic hydroxyl groups is 1. The number of carbonyl (C=O) groups excluding carboxylic acids is 1. The number of pyridine rings is 1. The highest BCUT2D eigenvalue weighted by atomic mass is 32.2. The predicted octanol–water partition coefficient (Wildman–Crippen LogP) is 2.93. The molecule has 4 aromatic rings. The Labute approximate surface area is 195 Å². The zero-order chi connectivity index (χ0) is 24.0. The molecule has 0 saturated heterocycles. The molecule has 0 atom stereocenters. The van der Waals surface area contributed by atoms with Gasteiger partial charge in [-0.3, -0.25) is 9.59 Å². The van der Waals surface area contributed by atoms with Crippen molar-refractivity contribution >= 4 is 26.8 Å². The summed E-state index contributed by atoms with van der Waals surface area (Å²) in [6, 6.07) is 14.0. The molecule has 3 N–H and O–H groups in total. The van der Waals surface area contributed by atoms with E-state index in [1.807, 2.05) is 18.2 Å². The summed E-state index contributed by atoms with van der Waals surface area (Å²) in [4.78, 5) is 28.9. The van der Waals surface area contributed by atoms with Gasteiger partial charge in [-0.2, -0.15) is 0 Å². The molecule has 0 spiro atoms. The Morgan fingerprint density at radius 3 is 2.59 bits per heavy atom. The SMILES string of the molecule is CS(=O)(=O)NC(=O)c1c(-c2ccc[nH]c2=O)c2cc3c(cc2n1Cc1cccc(O)c1)CCC3. The highest BCUT2D eigenvalue weighted by Gasteiger charge is 2.28. The van der Waals surface area contributed by atoms with Gasteiger partial charge in [-0.25, -0.2) is 13.1 Å². The second-order valence-corrected chi connectivity index (χ2v) is 10.3. The van der Waals surface area contributed by atoms with E-state index < -0.39 is 15.9 Å². The van der Waals surface area contributed by atoms with Crippen molar-refractivity contribution in [3.8, 4) is 16.9 Å². The second kappa shape index (κ2) is 8.18. The van der Waals surface area contributed by atoms with Crippen LogP contribution in [0.5, 0.6) is 5.75 Å².